The molecule has 0 amide bonds. The second kappa shape index (κ2) is 6.82. The van der Waals surface area contributed by atoms with Gasteiger partial charge >= 0.3 is 0 Å². The summed E-state index contributed by atoms with van der Waals surface area (Å²) in [4.78, 5) is 0.160. The van der Waals surface area contributed by atoms with Crippen molar-refractivity contribution in [2.75, 3.05) is 10.5 Å². The lowest BCUT2D eigenvalue weighted by Crippen LogP contribution is -2.16. The van der Waals surface area contributed by atoms with Crippen molar-refractivity contribution in [3.8, 4) is 11.8 Å². The van der Waals surface area contributed by atoms with E-state index in [-0.39, 0.29) is 16.3 Å². The zero-order chi connectivity index (χ0) is 18.9. The summed E-state index contributed by atoms with van der Waals surface area (Å²) in [6.45, 7) is 1.72. The summed E-state index contributed by atoms with van der Waals surface area (Å²) in [5.74, 6) is 0.137. The van der Waals surface area contributed by atoms with E-state index in [0.29, 0.717) is 21.4 Å². The Morgan fingerprint density at radius 1 is 1.27 bits per heavy atom. The van der Waals surface area contributed by atoms with Gasteiger partial charge in [0.1, 0.15) is 17.5 Å². The third-order valence-corrected chi connectivity index (χ3v) is 5.74. The lowest BCUT2D eigenvalue weighted by molar-refractivity contribution is 0.600. The first kappa shape index (κ1) is 18.0. The number of rotatable bonds is 4. The smallest absolute Gasteiger partial charge is 0.262 e. The van der Waals surface area contributed by atoms with Crippen molar-refractivity contribution in [3.63, 3.8) is 0 Å². The van der Waals surface area contributed by atoms with Gasteiger partial charge in [0.25, 0.3) is 10.0 Å². The van der Waals surface area contributed by atoms with Crippen LogP contribution in [0.4, 0.5) is 11.5 Å². The lowest BCUT2D eigenvalue weighted by atomic mass is 10.2. The van der Waals surface area contributed by atoms with E-state index in [1.54, 1.807) is 43.3 Å². The molecule has 0 aliphatic heterocycles. The van der Waals surface area contributed by atoms with E-state index in [1.165, 1.54) is 16.9 Å². The first-order chi connectivity index (χ1) is 12.3. The van der Waals surface area contributed by atoms with E-state index < -0.39 is 10.0 Å². The number of nitriles is 1. The maximum absolute atomic E-state index is 12.9. The molecule has 3 N–H and O–H groups in total. The fourth-order valence-electron chi connectivity index (χ4n) is 2.44. The number of halogens is 1. The Balaban J connectivity index is 2.08. The van der Waals surface area contributed by atoms with Crippen LogP contribution in [0, 0.1) is 18.3 Å². The maximum Gasteiger partial charge on any atom is 0.262 e. The van der Waals surface area contributed by atoms with Crippen LogP contribution in [0.5, 0.6) is 0 Å². The molecule has 0 bridgehead atoms. The summed E-state index contributed by atoms with van der Waals surface area (Å²) < 4.78 is 30.3. The number of nitrogens with one attached hydrogen (secondary N) is 1. The Kier molecular flexibility index (Phi) is 4.71. The van der Waals surface area contributed by atoms with Crippen LogP contribution in [0.1, 0.15) is 11.1 Å². The van der Waals surface area contributed by atoms with Crippen LogP contribution in [0.3, 0.4) is 0 Å². The fraction of sp³-hybridized carbons (Fsp3) is 0.0588. The molecule has 0 fully saturated rings. The summed E-state index contributed by atoms with van der Waals surface area (Å²) in [5, 5.41) is 13.1. The molecule has 0 saturated carbocycles. The number of benzene rings is 2. The van der Waals surface area contributed by atoms with Crippen molar-refractivity contribution in [3.05, 3.63) is 64.3 Å². The van der Waals surface area contributed by atoms with E-state index in [2.05, 4.69) is 25.8 Å². The van der Waals surface area contributed by atoms with Gasteiger partial charge in [-0.2, -0.15) is 10.4 Å². The second-order valence-electron chi connectivity index (χ2n) is 5.50. The molecule has 0 atom stereocenters. The number of aromatic nitrogens is 2. The number of nitrogens with zero attached hydrogens (tertiary/aromatic N) is 3. The SMILES string of the molecule is Cc1ccc(Br)cc1S(=O)(=O)Nc1ccccc1-n1ncc(C#N)c1N. The molecule has 0 aliphatic carbocycles. The van der Waals surface area contributed by atoms with Crippen LogP contribution in [0.2, 0.25) is 0 Å². The number of hydrogen-bond donors (Lipinski definition) is 2. The lowest BCUT2D eigenvalue weighted by Gasteiger charge is -2.15. The predicted octanol–water partition coefficient (Wildman–Crippen LogP) is 3.20. The number of aryl methyl sites for hydroxylation is 1. The minimum Gasteiger partial charge on any atom is -0.382 e. The van der Waals surface area contributed by atoms with Gasteiger partial charge in [0.05, 0.1) is 22.5 Å². The van der Waals surface area contributed by atoms with Crippen LogP contribution in [-0.2, 0) is 10.0 Å². The first-order valence-electron chi connectivity index (χ1n) is 7.45. The largest absolute Gasteiger partial charge is 0.382 e. The Hall–Kier alpha value is -2.83. The van der Waals surface area contributed by atoms with Crippen LogP contribution in [-0.4, -0.2) is 18.2 Å². The maximum atomic E-state index is 12.9. The summed E-state index contributed by atoms with van der Waals surface area (Å²) in [7, 11) is -3.84. The van der Waals surface area contributed by atoms with Crippen molar-refractivity contribution in [2.45, 2.75) is 11.8 Å². The van der Waals surface area contributed by atoms with Crippen LogP contribution >= 0.6 is 15.9 Å². The standard InChI is InChI=1S/C17H14BrN5O2S/c1-11-6-7-13(18)8-16(11)26(24,25)22-14-4-2-3-5-15(14)23-17(20)12(9-19)10-21-23/h2-8,10,22H,20H2,1H3. The molecule has 0 spiro atoms. The minimum atomic E-state index is -3.84. The molecule has 9 heteroatoms. The van der Waals surface area contributed by atoms with Gasteiger partial charge in [-0.05, 0) is 36.8 Å². The topological polar surface area (TPSA) is 114 Å². The van der Waals surface area contributed by atoms with Crippen LogP contribution in [0.15, 0.2) is 58.0 Å². The molecule has 3 aromatic rings. The van der Waals surface area contributed by atoms with Gasteiger partial charge in [0.2, 0.25) is 0 Å². The van der Waals surface area contributed by atoms with Crippen molar-refractivity contribution < 1.29 is 8.42 Å². The van der Waals surface area contributed by atoms with Crippen LogP contribution < -0.4 is 10.5 Å². The predicted molar refractivity (Wildman–Crippen MR) is 102 cm³/mol. The molecule has 1 aromatic heterocycles. The number of hydrogen-bond acceptors (Lipinski definition) is 5. The number of sulfonamides is 1. The normalized spacial score (nSPS) is 11.1. The molecule has 0 aliphatic rings. The van der Waals surface area contributed by atoms with E-state index in [0.717, 1.165) is 0 Å². The molecule has 2 aromatic carbocycles. The average molecular weight is 432 g/mol. The van der Waals surface area contributed by atoms with Gasteiger partial charge < -0.3 is 5.73 Å². The van der Waals surface area contributed by atoms with E-state index in [9.17, 15) is 8.42 Å². The molecule has 132 valence electrons. The number of anilines is 2. The van der Waals surface area contributed by atoms with E-state index in [4.69, 9.17) is 11.0 Å². The van der Waals surface area contributed by atoms with Crippen molar-refractivity contribution in [2.24, 2.45) is 0 Å². The Morgan fingerprint density at radius 3 is 2.69 bits per heavy atom. The van der Waals surface area contributed by atoms with E-state index >= 15 is 0 Å². The molecule has 0 unspecified atom stereocenters. The summed E-state index contributed by atoms with van der Waals surface area (Å²) in [6, 6.07) is 13.7. The van der Waals surface area contributed by atoms with Gasteiger partial charge in [0, 0.05) is 4.47 Å². The van der Waals surface area contributed by atoms with Crippen molar-refractivity contribution in [1.82, 2.24) is 9.78 Å². The number of para-hydroxylation sites is 2. The Labute approximate surface area is 159 Å². The zero-order valence-electron chi connectivity index (χ0n) is 13.6. The molecule has 0 radical (unpaired) electrons. The summed E-state index contributed by atoms with van der Waals surface area (Å²) >= 11 is 3.29. The monoisotopic (exact) mass is 431 g/mol. The molecule has 1 heterocycles. The molecule has 7 nitrogen and oxygen atoms in total. The van der Waals surface area contributed by atoms with Gasteiger partial charge in [-0.3, -0.25) is 4.72 Å². The van der Waals surface area contributed by atoms with Gasteiger partial charge in [-0.15, -0.1) is 0 Å². The average Bonchev–Trinajstić information content (AvgIpc) is 2.97. The molecular formula is C17H14BrN5O2S. The molecular weight excluding hydrogens is 418 g/mol. The van der Waals surface area contributed by atoms with Crippen molar-refractivity contribution >= 4 is 37.5 Å². The molecule has 3 rings (SSSR count). The third kappa shape index (κ3) is 3.29. The Morgan fingerprint density at radius 2 is 2.00 bits per heavy atom. The highest BCUT2D eigenvalue weighted by Crippen LogP contribution is 2.28. The van der Waals surface area contributed by atoms with Crippen molar-refractivity contribution in [1.29, 1.82) is 5.26 Å². The second-order valence-corrected chi connectivity index (χ2v) is 8.07. The van der Waals surface area contributed by atoms with Gasteiger partial charge in [-0.1, -0.05) is 34.1 Å². The highest BCUT2D eigenvalue weighted by Gasteiger charge is 2.20. The number of nitrogens with two attached hydrogens (primary N) is 1. The quantitative estimate of drug-likeness (QED) is 0.657. The van der Waals surface area contributed by atoms with Crippen LogP contribution in [0.25, 0.3) is 5.69 Å². The summed E-state index contributed by atoms with van der Waals surface area (Å²) in [6.07, 6.45) is 1.33. The fourth-order valence-corrected chi connectivity index (χ4v) is 4.30. The third-order valence-electron chi connectivity index (χ3n) is 3.74. The summed E-state index contributed by atoms with van der Waals surface area (Å²) in [5.41, 5.74) is 7.47. The molecule has 0 saturated heterocycles. The van der Waals surface area contributed by atoms with Gasteiger partial charge in [0.15, 0.2) is 0 Å². The highest BCUT2D eigenvalue weighted by molar-refractivity contribution is 9.10. The highest BCUT2D eigenvalue weighted by atomic mass is 79.9. The zero-order valence-corrected chi connectivity index (χ0v) is 16.0. The Bertz CT molecular complexity index is 1130. The van der Waals surface area contributed by atoms with E-state index in [1.807, 2.05) is 6.07 Å². The minimum absolute atomic E-state index is 0.137. The first-order valence-corrected chi connectivity index (χ1v) is 9.73. The number of nitrogen functional groups attached to an aromatic ring is 1. The molecule has 26 heavy (non-hydrogen) atoms. The van der Waals surface area contributed by atoms with Gasteiger partial charge in [-0.25, -0.2) is 13.1 Å².